The van der Waals surface area contributed by atoms with E-state index in [2.05, 4.69) is 68.2 Å². The van der Waals surface area contributed by atoms with E-state index < -0.39 is 7.92 Å². The molecule has 0 radical (unpaired) electrons. The van der Waals surface area contributed by atoms with Crippen LogP contribution in [0.4, 0.5) is 0 Å². The van der Waals surface area contributed by atoms with Crippen LogP contribution in [0, 0.1) is 5.41 Å². The molecule has 3 unspecified atom stereocenters. The standard InChI is InChI=1S/C22H21OP/c1-15-14-24(18-12-8-5-9-13-18)21-20(23)16(2)19(22(15,21)3)17-10-6-4-7-11-17/h4-14,21H,1-3H3. The summed E-state index contributed by atoms with van der Waals surface area (Å²) in [5, 5.41) is 1.30. The quantitative estimate of drug-likeness (QED) is 0.696. The molecule has 1 nitrogen and oxygen atoms in total. The average molecular weight is 332 g/mol. The first-order valence-electron chi connectivity index (χ1n) is 8.38. The van der Waals surface area contributed by atoms with Crippen LogP contribution in [0.3, 0.4) is 0 Å². The fourth-order valence-corrected chi connectivity index (χ4v) is 7.43. The summed E-state index contributed by atoms with van der Waals surface area (Å²) >= 11 is 0. The Hall–Kier alpha value is -1.98. The van der Waals surface area contributed by atoms with Gasteiger partial charge >= 0.3 is 0 Å². The van der Waals surface area contributed by atoms with E-state index in [1.54, 1.807) is 0 Å². The molecule has 2 aliphatic rings. The van der Waals surface area contributed by atoms with Crippen LogP contribution in [0.5, 0.6) is 0 Å². The number of rotatable bonds is 2. The Morgan fingerprint density at radius 2 is 1.50 bits per heavy atom. The molecule has 1 aliphatic carbocycles. The summed E-state index contributed by atoms with van der Waals surface area (Å²) in [7, 11) is -0.605. The van der Waals surface area contributed by atoms with Gasteiger partial charge in [0.25, 0.3) is 0 Å². The molecule has 1 aliphatic heterocycles. The minimum Gasteiger partial charge on any atom is -0.294 e. The highest BCUT2D eigenvalue weighted by Crippen LogP contribution is 2.68. The molecule has 0 fully saturated rings. The van der Waals surface area contributed by atoms with Gasteiger partial charge in [0.05, 0.1) is 5.66 Å². The maximum Gasteiger partial charge on any atom is 0.168 e. The molecule has 0 saturated heterocycles. The molecule has 24 heavy (non-hydrogen) atoms. The Labute approximate surface area is 144 Å². The number of benzene rings is 2. The van der Waals surface area contributed by atoms with Gasteiger partial charge in [0.1, 0.15) is 0 Å². The topological polar surface area (TPSA) is 17.1 Å². The summed E-state index contributed by atoms with van der Waals surface area (Å²) in [6.45, 7) is 6.48. The van der Waals surface area contributed by atoms with Crippen molar-refractivity contribution in [3.63, 3.8) is 0 Å². The molecule has 2 aromatic carbocycles. The predicted octanol–water partition coefficient (Wildman–Crippen LogP) is 5.14. The number of ketones is 1. The zero-order valence-electron chi connectivity index (χ0n) is 14.3. The van der Waals surface area contributed by atoms with Crippen LogP contribution in [0.25, 0.3) is 5.57 Å². The monoisotopic (exact) mass is 332 g/mol. The Bertz CT molecular complexity index is 863. The molecule has 2 aromatic rings. The molecule has 0 bridgehead atoms. The molecule has 0 spiro atoms. The molecule has 0 amide bonds. The molecule has 1 heterocycles. The summed E-state index contributed by atoms with van der Waals surface area (Å²) in [6, 6.07) is 21.0. The van der Waals surface area contributed by atoms with Crippen LogP contribution in [-0.4, -0.2) is 11.4 Å². The van der Waals surface area contributed by atoms with Gasteiger partial charge in [-0.25, -0.2) is 0 Å². The lowest BCUT2D eigenvalue weighted by Gasteiger charge is -2.32. The molecule has 0 N–H and O–H groups in total. The highest BCUT2D eigenvalue weighted by atomic mass is 31.1. The molecule has 3 atom stereocenters. The first-order valence-corrected chi connectivity index (χ1v) is 9.86. The van der Waals surface area contributed by atoms with Gasteiger partial charge in [0.15, 0.2) is 5.78 Å². The molecule has 0 saturated carbocycles. The third-order valence-electron chi connectivity index (χ3n) is 5.61. The fraction of sp³-hybridized carbons (Fsp3) is 0.227. The number of carbonyl (C=O) groups excluding carboxylic acids is 1. The van der Waals surface area contributed by atoms with Gasteiger partial charge in [-0.15, -0.1) is 0 Å². The lowest BCUT2D eigenvalue weighted by atomic mass is 9.74. The second-order valence-electron chi connectivity index (χ2n) is 6.89. The van der Waals surface area contributed by atoms with Crippen molar-refractivity contribution in [1.82, 2.24) is 0 Å². The third kappa shape index (κ3) is 2.01. The van der Waals surface area contributed by atoms with Crippen LogP contribution < -0.4 is 5.30 Å². The molecule has 120 valence electrons. The summed E-state index contributed by atoms with van der Waals surface area (Å²) in [5.41, 5.74) is 4.57. The van der Waals surface area contributed by atoms with Crippen LogP contribution in [0.1, 0.15) is 26.3 Å². The second kappa shape index (κ2) is 5.53. The maximum atomic E-state index is 13.2. The second-order valence-corrected chi connectivity index (χ2v) is 9.00. The van der Waals surface area contributed by atoms with E-state index in [9.17, 15) is 4.79 Å². The smallest absolute Gasteiger partial charge is 0.168 e. The van der Waals surface area contributed by atoms with E-state index in [0.29, 0.717) is 5.78 Å². The van der Waals surface area contributed by atoms with Crippen molar-refractivity contribution in [3.05, 3.63) is 83.2 Å². The van der Waals surface area contributed by atoms with Crippen molar-refractivity contribution in [2.75, 3.05) is 0 Å². The number of allylic oxidation sites excluding steroid dienone is 3. The largest absolute Gasteiger partial charge is 0.294 e. The Balaban J connectivity index is 1.88. The maximum absolute atomic E-state index is 13.2. The minimum atomic E-state index is -0.605. The van der Waals surface area contributed by atoms with Crippen LogP contribution in [0.2, 0.25) is 0 Å². The highest BCUT2D eigenvalue weighted by molar-refractivity contribution is 7.70. The zero-order valence-corrected chi connectivity index (χ0v) is 15.2. The minimum absolute atomic E-state index is 0.0464. The van der Waals surface area contributed by atoms with Crippen molar-refractivity contribution in [1.29, 1.82) is 0 Å². The molecule has 0 aromatic heterocycles. The zero-order chi connectivity index (χ0) is 16.9. The van der Waals surface area contributed by atoms with Gasteiger partial charge in [-0.05, 0) is 43.8 Å². The van der Waals surface area contributed by atoms with E-state index in [1.807, 2.05) is 19.1 Å². The number of fused-ring (bicyclic) bond motifs is 1. The summed E-state index contributed by atoms with van der Waals surface area (Å²) < 4.78 is 0. The van der Waals surface area contributed by atoms with E-state index in [1.165, 1.54) is 22.0 Å². The van der Waals surface area contributed by atoms with Crippen LogP contribution in [-0.2, 0) is 4.79 Å². The van der Waals surface area contributed by atoms with Gasteiger partial charge in [0.2, 0.25) is 0 Å². The van der Waals surface area contributed by atoms with Crippen molar-refractivity contribution in [2.24, 2.45) is 5.41 Å². The molecule has 4 rings (SSSR count). The van der Waals surface area contributed by atoms with Crippen LogP contribution >= 0.6 is 7.92 Å². The van der Waals surface area contributed by atoms with Crippen molar-refractivity contribution >= 4 is 24.6 Å². The number of Topliss-reactive ketones (excluding diaryl/α,β-unsaturated/α-hetero) is 1. The summed E-state index contributed by atoms with van der Waals surface area (Å²) in [4.78, 5) is 13.2. The fourth-order valence-electron chi connectivity index (χ4n) is 4.30. The van der Waals surface area contributed by atoms with Gasteiger partial charge in [-0.1, -0.05) is 79.0 Å². The van der Waals surface area contributed by atoms with Crippen molar-refractivity contribution < 1.29 is 4.79 Å². The lowest BCUT2D eigenvalue weighted by molar-refractivity contribution is -0.115. The summed E-state index contributed by atoms with van der Waals surface area (Å²) in [6.07, 6.45) is 0. The summed E-state index contributed by atoms with van der Waals surface area (Å²) in [5.74, 6) is 2.71. The molecular formula is C22H21OP. The SMILES string of the molecule is CC1=CP(c2ccccc2)C2C(=O)C(C)=C(c3ccccc3)C12C. The first kappa shape index (κ1) is 15.5. The number of hydrogen-bond donors (Lipinski definition) is 0. The van der Waals surface area contributed by atoms with Gasteiger partial charge in [-0.2, -0.15) is 0 Å². The molecule has 2 heteroatoms. The van der Waals surface area contributed by atoms with E-state index in [0.717, 1.165) is 5.57 Å². The van der Waals surface area contributed by atoms with E-state index >= 15 is 0 Å². The third-order valence-corrected chi connectivity index (χ3v) is 8.47. The highest BCUT2D eigenvalue weighted by Gasteiger charge is 2.56. The average Bonchev–Trinajstić information content (AvgIpc) is 2.98. The van der Waals surface area contributed by atoms with Crippen LogP contribution in [0.15, 0.2) is 77.6 Å². The first-order chi connectivity index (χ1) is 11.5. The van der Waals surface area contributed by atoms with Gasteiger partial charge in [-0.3, -0.25) is 4.79 Å². The van der Waals surface area contributed by atoms with E-state index in [-0.39, 0.29) is 11.1 Å². The van der Waals surface area contributed by atoms with Gasteiger partial charge in [0, 0.05) is 5.41 Å². The Morgan fingerprint density at radius 3 is 2.12 bits per heavy atom. The Kier molecular flexibility index (Phi) is 3.58. The lowest BCUT2D eigenvalue weighted by Crippen LogP contribution is -2.31. The predicted molar refractivity (Wildman–Crippen MR) is 103 cm³/mol. The number of hydrogen-bond acceptors (Lipinski definition) is 1. The van der Waals surface area contributed by atoms with Gasteiger partial charge < -0.3 is 0 Å². The van der Waals surface area contributed by atoms with Crippen molar-refractivity contribution in [3.8, 4) is 0 Å². The Morgan fingerprint density at radius 1 is 0.917 bits per heavy atom. The van der Waals surface area contributed by atoms with E-state index in [4.69, 9.17) is 0 Å². The van der Waals surface area contributed by atoms with Crippen molar-refractivity contribution in [2.45, 2.75) is 26.4 Å². The number of carbonyl (C=O) groups is 1. The molecular weight excluding hydrogens is 311 g/mol. The normalized spacial score (nSPS) is 29.0.